The third kappa shape index (κ3) is 4.34. The fourth-order valence-corrected chi connectivity index (χ4v) is 5.23. The monoisotopic (exact) mass is 452 g/mol. The molecule has 2 aromatic heterocycles. The van der Waals surface area contributed by atoms with Gasteiger partial charge < -0.3 is 19.1 Å². The maximum Gasteiger partial charge on any atom is 0.409 e. The molecule has 9 nitrogen and oxygen atoms in total. The van der Waals surface area contributed by atoms with Crippen molar-refractivity contribution in [2.45, 2.75) is 57.4 Å². The van der Waals surface area contributed by atoms with Gasteiger partial charge >= 0.3 is 6.09 Å². The SMILES string of the molecule is CCc1nn(-c2noc(C3CCN(C[C@@H]4CCCCN4C(=O)OC)CC3)n2)c2ccccc12. The number of ether oxygens (including phenoxy) is 1. The van der Waals surface area contributed by atoms with Gasteiger partial charge in [0.2, 0.25) is 5.89 Å². The molecule has 9 heteroatoms. The van der Waals surface area contributed by atoms with Crippen molar-refractivity contribution in [3.63, 3.8) is 0 Å². The molecule has 2 aliphatic heterocycles. The highest BCUT2D eigenvalue weighted by atomic mass is 16.5. The van der Waals surface area contributed by atoms with Crippen molar-refractivity contribution in [2.24, 2.45) is 0 Å². The Hall–Kier alpha value is -2.94. The van der Waals surface area contributed by atoms with E-state index in [4.69, 9.17) is 19.3 Å². The number of carbonyl (C=O) groups excluding carboxylic acids is 1. The maximum absolute atomic E-state index is 12.1. The first-order chi connectivity index (χ1) is 16.2. The summed E-state index contributed by atoms with van der Waals surface area (Å²) in [5.41, 5.74) is 2.04. The summed E-state index contributed by atoms with van der Waals surface area (Å²) >= 11 is 0. The normalized spacial score (nSPS) is 20.4. The lowest BCUT2D eigenvalue weighted by Crippen LogP contribution is -2.50. The molecule has 0 unspecified atom stereocenters. The maximum atomic E-state index is 12.1. The van der Waals surface area contributed by atoms with Crippen LogP contribution in [0.25, 0.3) is 16.9 Å². The van der Waals surface area contributed by atoms with Gasteiger partial charge in [0.1, 0.15) is 0 Å². The zero-order valence-electron chi connectivity index (χ0n) is 19.4. The number of benzene rings is 1. The van der Waals surface area contributed by atoms with Gasteiger partial charge in [0.25, 0.3) is 5.95 Å². The smallest absolute Gasteiger partial charge is 0.409 e. The van der Waals surface area contributed by atoms with Gasteiger partial charge in [-0.3, -0.25) is 0 Å². The third-order valence-electron chi connectivity index (χ3n) is 7.06. The van der Waals surface area contributed by atoms with E-state index in [1.807, 2.05) is 23.1 Å². The molecule has 0 bridgehead atoms. The van der Waals surface area contributed by atoms with E-state index in [-0.39, 0.29) is 18.1 Å². The first-order valence-corrected chi connectivity index (χ1v) is 12.1. The van der Waals surface area contributed by atoms with Crippen LogP contribution in [0.5, 0.6) is 0 Å². The van der Waals surface area contributed by atoms with E-state index in [0.717, 1.165) is 74.9 Å². The number of carbonyl (C=O) groups is 1. The number of piperidine rings is 2. The van der Waals surface area contributed by atoms with Crippen LogP contribution in [0.4, 0.5) is 4.79 Å². The Kier molecular flexibility index (Phi) is 6.30. The van der Waals surface area contributed by atoms with Gasteiger partial charge in [0.15, 0.2) is 0 Å². The van der Waals surface area contributed by atoms with Gasteiger partial charge in [-0.1, -0.05) is 25.1 Å². The molecule has 176 valence electrons. The molecule has 1 amide bonds. The van der Waals surface area contributed by atoms with Crippen LogP contribution in [0.2, 0.25) is 0 Å². The number of aromatic nitrogens is 4. The Labute approximate surface area is 193 Å². The molecule has 2 saturated heterocycles. The zero-order chi connectivity index (χ0) is 22.8. The van der Waals surface area contributed by atoms with Gasteiger partial charge in [-0.05, 0) is 62.8 Å². The number of fused-ring (bicyclic) bond motifs is 1. The number of hydrogen-bond donors (Lipinski definition) is 0. The van der Waals surface area contributed by atoms with Crippen molar-refractivity contribution in [3.05, 3.63) is 35.9 Å². The molecule has 2 aliphatic rings. The minimum absolute atomic E-state index is 0.203. The summed E-state index contributed by atoms with van der Waals surface area (Å²) < 4.78 is 12.5. The lowest BCUT2D eigenvalue weighted by Gasteiger charge is -2.39. The number of aryl methyl sites for hydroxylation is 1. The number of nitrogens with zero attached hydrogens (tertiary/aromatic N) is 6. The van der Waals surface area contributed by atoms with Crippen molar-refractivity contribution in [1.29, 1.82) is 0 Å². The summed E-state index contributed by atoms with van der Waals surface area (Å²) in [4.78, 5) is 21.2. The number of rotatable bonds is 5. The summed E-state index contributed by atoms with van der Waals surface area (Å²) in [7, 11) is 1.47. The molecule has 0 N–H and O–H groups in total. The van der Waals surface area contributed by atoms with Crippen LogP contribution in [-0.2, 0) is 11.2 Å². The minimum Gasteiger partial charge on any atom is -0.453 e. The summed E-state index contributed by atoms with van der Waals surface area (Å²) in [6.07, 6.45) is 5.84. The average Bonchev–Trinajstić information content (AvgIpc) is 3.49. The lowest BCUT2D eigenvalue weighted by atomic mass is 9.95. The van der Waals surface area contributed by atoms with Gasteiger partial charge in [0.05, 0.1) is 18.3 Å². The number of para-hydroxylation sites is 1. The number of methoxy groups -OCH3 is 1. The Morgan fingerprint density at radius 1 is 1.15 bits per heavy atom. The van der Waals surface area contributed by atoms with Gasteiger partial charge in [-0.15, -0.1) is 0 Å². The molecule has 0 spiro atoms. The van der Waals surface area contributed by atoms with E-state index in [2.05, 4.69) is 23.0 Å². The standard InChI is InChI=1S/C24H32N6O3/c1-3-20-19-9-4-5-10-21(19)30(26-20)23-25-22(33-27-23)17-11-14-28(15-12-17)16-18-8-6-7-13-29(18)24(31)32-2/h4-5,9-10,17-18H,3,6-8,11-16H2,1-2H3/t18-/m0/s1. The molecule has 1 aromatic carbocycles. The van der Waals surface area contributed by atoms with Gasteiger partial charge in [-0.2, -0.15) is 14.8 Å². The molecule has 3 aromatic rings. The Morgan fingerprint density at radius 2 is 1.97 bits per heavy atom. The van der Waals surface area contributed by atoms with Crippen LogP contribution >= 0.6 is 0 Å². The highest BCUT2D eigenvalue weighted by Crippen LogP contribution is 2.29. The zero-order valence-corrected chi connectivity index (χ0v) is 19.4. The molecule has 33 heavy (non-hydrogen) atoms. The predicted molar refractivity (Wildman–Crippen MR) is 123 cm³/mol. The Balaban J connectivity index is 1.23. The van der Waals surface area contributed by atoms with E-state index in [1.165, 1.54) is 13.5 Å². The van der Waals surface area contributed by atoms with Gasteiger partial charge in [0, 0.05) is 30.4 Å². The van der Waals surface area contributed by atoms with Crippen molar-refractivity contribution >= 4 is 17.0 Å². The quantitative estimate of drug-likeness (QED) is 0.582. The van der Waals surface area contributed by atoms with Crippen LogP contribution in [-0.4, -0.2) is 75.1 Å². The molecular formula is C24H32N6O3. The lowest BCUT2D eigenvalue weighted by molar-refractivity contribution is 0.0679. The van der Waals surface area contributed by atoms with Crippen LogP contribution in [0.15, 0.2) is 28.8 Å². The predicted octanol–water partition coefficient (Wildman–Crippen LogP) is 3.77. The molecule has 0 saturated carbocycles. The summed E-state index contributed by atoms with van der Waals surface area (Å²) in [6.45, 7) is 5.71. The molecule has 0 aliphatic carbocycles. The van der Waals surface area contributed by atoms with E-state index < -0.39 is 0 Å². The van der Waals surface area contributed by atoms with E-state index in [1.54, 1.807) is 4.68 Å². The number of likely N-dealkylation sites (tertiary alicyclic amines) is 2. The van der Waals surface area contributed by atoms with E-state index in [0.29, 0.717) is 11.8 Å². The molecule has 4 heterocycles. The number of hydrogen-bond acceptors (Lipinski definition) is 7. The molecule has 1 atom stereocenters. The minimum atomic E-state index is -0.203. The molecule has 5 rings (SSSR count). The van der Waals surface area contributed by atoms with Crippen LogP contribution in [0.3, 0.4) is 0 Å². The summed E-state index contributed by atoms with van der Waals surface area (Å²) in [5.74, 6) is 1.44. The molecule has 2 fully saturated rings. The van der Waals surface area contributed by atoms with Gasteiger partial charge in [-0.25, -0.2) is 4.79 Å². The summed E-state index contributed by atoms with van der Waals surface area (Å²) in [5, 5.41) is 10.1. The second-order valence-corrected chi connectivity index (χ2v) is 9.05. The Morgan fingerprint density at radius 3 is 2.76 bits per heavy atom. The largest absolute Gasteiger partial charge is 0.453 e. The van der Waals surface area contributed by atoms with Crippen molar-refractivity contribution in [1.82, 2.24) is 29.7 Å². The second-order valence-electron chi connectivity index (χ2n) is 9.05. The van der Waals surface area contributed by atoms with Crippen LogP contribution in [0.1, 0.15) is 56.5 Å². The highest BCUT2D eigenvalue weighted by molar-refractivity contribution is 5.83. The van der Waals surface area contributed by atoms with Crippen molar-refractivity contribution < 1.29 is 14.1 Å². The summed E-state index contributed by atoms with van der Waals surface area (Å²) in [6, 6.07) is 8.39. The van der Waals surface area contributed by atoms with Crippen molar-refractivity contribution in [3.8, 4) is 5.95 Å². The number of amides is 1. The Bertz CT molecular complexity index is 1100. The van der Waals surface area contributed by atoms with E-state index >= 15 is 0 Å². The average molecular weight is 453 g/mol. The highest BCUT2D eigenvalue weighted by Gasteiger charge is 2.32. The van der Waals surface area contributed by atoms with Crippen LogP contribution in [0, 0.1) is 0 Å². The fraction of sp³-hybridized carbons (Fsp3) is 0.583. The van der Waals surface area contributed by atoms with E-state index in [9.17, 15) is 4.79 Å². The molecule has 0 radical (unpaired) electrons. The van der Waals surface area contributed by atoms with Crippen LogP contribution < -0.4 is 0 Å². The third-order valence-corrected chi connectivity index (χ3v) is 7.06. The topological polar surface area (TPSA) is 89.5 Å². The molecular weight excluding hydrogens is 420 g/mol. The second kappa shape index (κ2) is 9.51. The first kappa shape index (κ1) is 21.9. The van der Waals surface area contributed by atoms with Crippen molar-refractivity contribution in [2.75, 3.05) is 33.3 Å². The first-order valence-electron chi connectivity index (χ1n) is 12.1. The fourth-order valence-electron chi connectivity index (χ4n) is 5.23.